The Bertz CT molecular complexity index is 420. The number of furan rings is 1. The molecule has 1 nitrogen and oxygen atoms in total. The van der Waals surface area contributed by atoms with E-state index in [1.54, 1.807) is 6.26 Å². The summed E-state index contributed by atoms with van der Waals surface area (Å²) in [6.45, 7) is 2.11. The van der Waals surface area contributed by atoms with E-state index in [1.807, 2.05) is 12.1 Å². The number of benzene rings is 1. The van der Waals surface area contributed by atoms with Crippen molar-refractivity contribution in [2.24, 2.45) is 0 Å². The van der Waals surface area contributed by atoms with Crippen LogP contribution in [-0.2, 0) is 6.42 Å². The molecule has 1 aromatic heterocycles. The van der Waals surface area contributed by atoms with E-state index in [9.17, 15) is 0 Å². The molecule has 1 aromatic carbocycles. The van der Waals surface area contributed by atoms with Gasteiger partial charge in [-0.3, -0.25) is 0 Å². The van der Waals surface area contributed by atoms with E-state index in [1.165, 1.54) is 11.1 Å². The van der Waals surface area contributed by atoms with E-state index in [0.717, 1.165) is 12.2 Å². The second kappa shape index (κ2) is 4.67. The van der Waals surface area contributed by atoms with Crippen molar-refractivity contribution in [2.45, 2.75) is 18.2 Å². The monoisotopic (exact) mass is 264 g/mol. The van der Waals surface area contributed by atoms with Crippen LogP contribution in [0.25, 0.3) is 0 Å². The summed E-state index contributed by atoms with van der Waals surface area (Å²) >= 11 is 3.63. The highest BCUT2D eigenvalue weighted by atomic mass is 79.9. The largest absolute Gasteiger partial charge is 0.468 e. The highest BCUT2D eigenvalue weighted by Gasteiger charge is 2.10. The molecule has 1 unspecified atom stereocenters. The Balaban J connectivity index is 2.09. The minimum Gasteiger partial charge on any atom is -0.468 e. The Morgan fingerprint density at radius 3 is 2.80 bits per heavy atom. The van der Waals surface area contributed by atoms with Crippen LogP contribution in [0.2, 0.25) is 0 Å². The Morgan fingerprint density at radius 2 is 2.13 bits per heavy atom. The highest BCUT2D eigenvalue weighted by Crippen LogP contribution is 2.27. The van der Waals surface area contributed by atoms with Gasteiger partial charge in [0.15, 0.2) is 0 Å². The molecule has 0 saturated heterocycles. The normalized spacial score (nSPS) is 12.7. The summed E-state index contributed by atoms with van der Waals surface area (Å²) in [4.78, 5) is 0.259. The minimum absolute atomic E-state index is 0.259. The molecule has 2 rings (SSSR count). The predicted octanol–water partition coefficient (Wildman–Crippen LogP) is 4.27. The van der Waals surface area contributed by atoms with Crippen molar-refractivity contribution < 1.29 is 4.42 Å². The highest BCUT2D eigenvalue weighted by molar-refractivity contribution is 9.09. The molecule has 0 bridgehead atoms. The van der Waals surface area contributed by atoms with Crippen molar-refractivity contribution in [3.63, 3.8) is 0 Å². The maximum absolute atomic E-state index is 5.35. The van der Waals surface area contributed by atoms with Crippen LogP contribution in [0.15, 0.2) is 47.1 Å². The molecule has 0 spiro atoms. The molecule has 15 heavy (non-hydrogen) atoms. The van der Waals surface area contributed by atoms with Gasteiger partial charge >= 0.3 is 0 Å². The molecule has 0 fully saturated rings. The van der Waals surface area contributed by atoms with Crippen LogP contribution in [0, 0.1) is 6.92 Å². The van der Waals surface area contributed by atoms with Gasteiger partial charge < -0.3 is 4.42 Å². The van der Waals surface area contributed by atoms with Gasteiger partial charge in [0.25, 0.3) is 0 Å². The van der Waals surface area contributed by atoms with Gasteiger partial charge in [-0.05, 0) is 31.0 Å². The summed E-state index contributed by atoms with van der Waals surface area (Å²) in [5, 5.41) is 0. The third-order valence-corrected chi connectivity index (χ3v) is 3.12. The van der Waals surface area contributed by atoms with Crippen molar-refractivity contribution >= 4 is 15.9 Å². The van der Waals surface area contributed by atoms with Gasteiger partial charge in [-0.25, -0.2) is 0 Å². The molecule has 0 radical (unpaired) electrons. The minimum atomic E-state index is 0.259. The van der Waals surface area contributed by atoms with Crippen LogP contribution in [0.1, 0.15) is 21.7 Å². The van der Waals surface area contributed by atoms with Gasteiger partial charge in [0, 0.05) is 0 Å². The second-order valence-corrected chi connectivity index (χ2v) is 4.78. The molecule has 78 valence electrons. The summed E-state index contributed by atoms with van der Waals surface area (Å²) < 4.78 is 5.35. The number of hydrogen-bond acceptors (Lipinski definition) is 1. The van der Waals surface area contributed by atoms with Gasteiger partial charge in [-0.2, -0.15) is 0 Å². The zero-order valence-electron chi connectivity index (χ0n) is 8.61. The molecule has 2 heteroatoms. The van der Waals surface area contributed by atoms with Crippen LogP contribution in [0.4, 0.5) is 0 Å². The number of hydrogen-bond donors (Lipinski definition) is 0. The zero-order chi connectivity index (χ0) is 10.7. The summed E-state index contributed by atoms with van der Waals surface area (Å²) in [6, 6.07) is 12.5. The SMILES string of the molecule is Cc1cccc(CC(Br)c2ccco2)c1. The summed E-state index contributed by atoms with van der Waals surface area (Å²) in [5.41, 5.74) is 2.62. The first-order chi connectivity index (χ1) is 7.25. The summed E-state index contributed by atoms with van der Waals surface area (Å²) in [5.74, 6) is 0.983. The Kier molecular flexibility index (Phi) is 3.27. The van der Waals surface area contributed by atoms with Crippen LogP contribution in [-0.4, -0.2) is 0 Å². The van der Waals surface area contributed by atoms with Crippen molar-refractivity contribution in [1.82, 2.24) is 0 Å². The number of alkyl halides is 1. The molecule has 1 atom stereocenters. The van der Waals surface area contributed by atoms with Crippen LogP contribution in [0.3, 0.4) is 0 Å². The average molecular weight is 265 g/mol. The molecule has 0 aliphatic heterocycles. The predicted molar refractivity (Wildman–Crippen MR) is 65.3 cm³/mol. The molecular formula is C13H13BrO. The Labute approximate surface area is 98.2 Å². The topological polar surface area (TPSA) is 13.1 Å². The van der Waals surface area contributed by atoms with Crippen LogP contribution < -0.4 is 0 Å². The van der Waals surface area contributed by atoms with E-state index < -0.39 is 0 Å². The lowest BCUT2D eigenvalue weighted by Gasteiger charge is -2.07. The second-order valence-electron chi connectivity index (χ2n) is 3.68. The molecule has 0 amide bonds. The fraction of sp³-hybridized carbons (Fsp3) is 0.231. The van der Waals surface area contributed by atoms with Crippen LogP contribution in [0.5, 0.6) is 0 Å². The first kappa shape index (κ1) is 10.5. The lowest BCUT2D eigenvalue weighted by molar-refractivity contribution is 0.507. The van der Waals surface area contributed by atoms with E-state index in [2.05, 4.69) is 47.1 Å². The standard InChI is InChI=1S/C13H13BrO/c1-10-4-2-5-11(8-10)9-12(14)13-6-3-7-15-13/h2-8,12H,9H2,1H3. The summed E-state index contributed by atoms with van der Waals surface area (Å²) in [7, 11) is 0. The van der Waals surface area contributed by atoms with Gasteiger partial charge in [-0.15, -0.1) is 0 Å². The van der Waals surface area contributed by atoms with E-state index >= 15 is 0 Å². The fourth-order valence-electron chi connectivity index (χ4n) is 1.62. The smallest absolute Gasteiger partial charge is 0.117 e. The first-order valence-electron chi connectivity index (χ1n) is 4.99. The molecule has 0 aliphatic carbocycles. The van der Waals surface area contributed by atoms with Gasteiger partial charge in [0.1, 0.15) is 5.76 Å². The Morgan fingerprint density at radius 1 is 1.27 bits per heavy atom. The first-order valence-corrected chi connectivity index (χ1v) is 5.90. The third kappa shape index (κ3) is 2.72. The molecular weight excluding hydrogens is 252 g/mol. The zero-order valence-corrected chi connectivity index (χ0v) is 10.2. The van der Waals surface area contributed by atoms with E-state index in [4.69, 9.17) is 4.42 Å². The number of halogens is 1. The molecule has 0 saturated carbocycles. The lowest BCUT2D eigenvalue weighted by Crippen LogP contribution is -1.93. The fourth-order valence-corrected chi connectivity index (χ4v) is 2.25. The maximum Gasteiger partial charge on any atom is 0.117 e. The quantitative estimate of drug-likeness (QED) is 0.755. The van der Waals surface area contributed by atoms with Crippen molar-refractivity contribution in [1.29, 1.82) is 0 Å². The van der Waals surface area contributed by atoms with Crippen molar-refractivity contribution in [3.8, 4) is 0 Å². The molecule has 1 heterocycles. The van der Waals surface area contributed by atoms with Crippen molar-refractivity contribution in [2.75, 3.05) is 0 Å². The van der Waals surface area contributed by atoms with E-state index in [-0.39, 0.29) is 4.83 Å². The number of rotatable bonds is 3. The van der Waals surface area contributed by atoms with Crippen molar-refractivity contribution in [3.05, 3.63) is 59.5 Å². The lowest BCUT2D eigenvalue weighted by atomic mass is 10.1. The molecule has 0 aliphatic rings. The van der Waals surface area contributed by atoms with Gasteiger partial charge in [0.2, 0.25) is 0 Å². The van der Waals surface area contributed by atoms with Gasteiger partial charge in [-0.1, -0.05) is 45.8 Å². The summed E-state index contributed by atoms with van der Waals surface area (Å²) in [6.07, 6.45) is 2.66. The third-order valence-electron chi connectivity index (χ3n) is 2.35. The molecule has 2 aromatic rings. The van der Waals surface area contributed by atoms with E-state index in [0.29, 0.717) is 0 Å². The Hall–Kier alpha value is -1.02. The average Bonchev–Trinajstić information content (AvgIpc) is 2.70. The number of aryl methyl sites for hydroxylation is 1. The molecule has 0 N–H and O–H groups in total. The van der Waals surface area contributed by atoms with Gasteiger partial charge in [0.05, 0.1) is 11.1 Å². The van der Waals surface area contributed by atoms with Crippen LogP contribution >= 0.6 is 15.9 Å². The maximum atomic E-state index is 5.35.